The molecule has 0 spiro atoms. The summed E-state index contributed by atoms with van der Waals surface area (Å²) in [5.74, 6) is 0.155. The lowest BCUT2D eigenvalue weighted by atomic mass is 10.1. The second-order valence-corrected chi connectivity index (χ2v) is 6.13. The number of likely N-dealkylation sites (tertiary alicyclic amines) is 1. The van der Waals surface area contributed by atoms with E-state index in [4.69, 9.17) is 0 Å². The average Bonchev–Trinajstić information content (AvgIpc) is 2.55. The van der Waals surface area contributed by atoms with Crippen molar-refractivity contribution in [1.29, 1.82) is 0 Å². The predicted octanol–water partition coefficient (Wildman–Crippen LogP) is 0.291. The van der Waals surface area contributed by atoms with E-state index in [1.54, 1.807) is 6.92 Å². The van der Waals surface area contributed by atoms with Gasteiger partial charge < -0.3 is 20.2 Å². The molecule has 0 aromatic rings. The standard InChI is InChI=1S/C14H29N3O2/c1-14(19,12-16(2)3)11-15-10-13(18)17-8-6-4-5-7-9-17/h15,19H,4-12H2,1-3H3. The average molecular weight is 271 g/mol. The lowest BCUT2D eigenvalue weighted by Gasteiger charge is -2.28. The molecule has 1 aliphatic rings. The first-order chi connectivity index (χ1) is 8.91. The summed E-state index contributed by atoms with van der Waals surface area (Å²) < 4.78 is 0. The number of carbonyl (C=O) groups excluding carboxylic acids is 1. The first kappa shape index (κ1) is 16.4. The van der Waals surface area contributed by atoms with Gasteiger partial charge in [0, 0.05) is 26.2 Å². The summed E-state index contributed by atoms with van der Waals surface area (Å²) in [6.07, 6.45) is 4.69. The molecule has 0 aromatic heterocycles. The van der Waals surface area contributed by atoms with E-state index in [-0.39, 0.29) is 5.91 Å². The van der Waals surface area contributed by atoms with E-state index in [1.807, 2.05) is 23.9 Å². The molecule has 1 heterocycles. The molecule has 1 rings (SSSR count). The molecule has 0 saturated carbocycles. The molecule has 5 heteroatoms. The van der Waals surface area contributed by atoms with Gasteiger partial charge in [0.05, 0.1) is 12.1 Å². The van der Waals surface area contributed by atoms with Crippen LogP contribution in [0.1, 0.15) is 32.6 Å². The van der Waals surface area contributed by atoms with Crippen LogP contribution in [0.3, 0.4) is 0 Å². The molecule has 5 nitrogen and oxygen atoms in total. The third kappa shape index (κ3) is 6.89. The summed E-state index contributed by atoms with van der Waals surface area (Å²) in [5.41, 5.74) is -0.803. The van der Waals surface area contributed by atoms with Crippen molar-refractivity contribution in [2.45, 2.75) is 38.2 Å². The highest BCUT2D eigenvalue weighted by molar-refractivity contribution is 5.78. The highest BCUT2D eigenvalue weighted by Crippen LogP contribution is 2.09. The van der Waals surface area contributed by atoms with Gasteiger partial charge in [0.15, 0.2) is 0 Å². The zero-order chi connectivity index (χ0) is 14.3. The second-order valence-electron chi connectivity index (χ2n) is 6.13. The molecule has 1 atom stereocenters. The maximum absolute atomic E-state index is 12.0. The van der Waals surface area contributed by atoms with Crippen molar-refractivity contribution in [3.8, 4) is 0 Å². The van der Waals surface area contributed by atoms with E-state index < -0.39 is 5.60 Å². The van der Waals surface area contributed by atoms with Crippen molar-refractivity contribution in [3.05, 3.63) is 0 Å². The second kappa shape index (κ2) is 7.82. The van der Waals surface area contributed by atoms with Crippen molar-refractivity contribution < 1.29 is 9.90 Å². The van der Waals surface area contributed by atoms with Crippen LogP contribution in [0.25, 0.3) is 0 Å². The van der Waals surface area contributed by atoms with Crippen molar-refractivity contribution in [3.63, 3.8) is 0 Å². The first-order valence-corrected chi connectivity index (χ1v) is 7.26. The summed E-state index contributed by atoms with van der Waals surface area (Å²) >= 11 is 0. The Morgan fingerprint density at radius 1 is 1.26 bits per heavy atom. The predicted molar refractivity (Wildman–Crippen MR) is 77.1 cm³/mol. The number of nitrogens with one attached hydrogen (secondary N) is 1. The smallest absolute Gasteiger partial charge is 0.236 e. The van der Waals surface area contributed by atoms with Gasteiger partial charge >= 0.3 is 0 Å². The monoisotopic (exact) mass is 271 g/mol. The van der Waals surface area contributed by atoms with Crippen LogP contribution in [0, 0.1) is 0 Å². The topological polar surface area (TPSA) is 55.8 Å². The number of rotatable bonds is 6. The van der Waals surface area contributed by atoms with Crippen molar-refractivity contribution in [1.82, 2.24) is 15.1 Å². The van der Waals surface area contributed by atoms with Gasteiger partial charge in [-0.1, -0.05) is 12.8 Å². The van der Waals surface area contributed by atoms with E-state index in [9.17, 15) is 9.90 Å². The fourth-order valence-corrected chi connectivity index (χ4v) is 2.61. The van der Waals surface area contributed by atoms with Crippen molar-refractivity contribution >= 4 is 5.91 Å². The quantitative estimate of drug-likeness (QED) is 0.729. The molecule has 0 aliphatic carbocycles. The Morgan fingerprint density at radius 2 is 1.84 bits per heavy atom. The number of carbonyl (C=O) groups is 1. The van der Waals surface area contributed by atoms with Crippen LogP contribution in [-0.4, -0.2) is 73.2 Å². The molecule has 19 heavy (non-hydrogen) atoms. The Labute approximate surface area is 117 Å². The third-order valence-electron chi connectivity index (χ3n) is 3.40. The number of hydrogen-bond donors (Lipinski definition) is 2. The van der Waals surface area contributed by atoms with Crippen LogP contribution < -0.4 is 5.32 Å². The zero-order valence-electron chi connectivity index (χ0n) is 12.6. The van der Waals surface area contributed by atoms with Crippen LogP contribution in [-0.2, 0) is 4.79 Å². The molecule has 0 bridgehead atoms. The lowest BCUT2D eigenvalue weighted by Crippen LogP contribution is -2.48. The molecule has 0 aromatic carbocycles. The number of likely N-dealkylation sites (N-methyl/N-ethyl adjacent to an activating group) is 1. The van der Waals surface area contributed by atoms with Crippen LogP contribution in [0.5, 0.6) is 0 Å². The zero-order valence-corrected chi connectivity index (χ0v) is 12.6. The van der Waals surface area contributed by atoms with Crippen LogP contribution in [0.2, 0.25) is 0 Å². The summed E-state index contributed by atoms with van der Waals surface area (Å²) in [6, 6.07) is 0. The largest absolute Gasteiger partial charge is 0.388 e. The van der Waals surface area contributed by atoms with Gasteiger partial charge in [-0.2, -0.15) is 0 Å². The van der Waals surface area contributed by atoms with Gasteiger partial charge in [-0.25, -0.2) is 0 Å². The Bertz CT molecular complexity index is 272. The number of aliphatic hydroxyl groups is 1. The summed E-state index contributed by atoms with van der Waals surface area (Å²) in [7, 11) is 3.85. The van der Waals surface area contributed by atoms with Crippen molar-refractivity contribution in [2.75, 3.05) is 46.8 Å². The lowest BCUT2D eigenvalue weighted by molar-refractivity contribution is -0.130. The minimum atomic E-state index is -0.803. The van der Waals surface area contributed by atoms with Gasteiger partial charge in [0.2, 0.25) is 5.91 Å². The van der Waals surface area contributed by atoms with Crippen molar-refractivity contribution in [2.24, 2.45) is 0 Å². The number of nitrogens with zero attached hydrogens (tertiary/aromatic N) is 2. The SMILES string of the molecule is CN(C)CC(C)(O)CNCC(=O)N1CCCCCC1. The molecule has 1 unspecified atom stereocenters. The Hall–Kier alpha value is -0.650. The number of hydrogen-bond acceptors (Lipinski definition) is 4. The van der Waals surface area contributed by atoms with Gasteiger partial charge in [-0.3, -0.25) is 4.79 Å². The fraction of sp³-hybridized carbons (Fsp3) is 0.929. The highest BCUT2D eigenvalue weighted by atomic mass is 16.3. The molecule has 2 N–H and O–H groups in total. The molecule has 112 valence electrons. The molecule has 1 amide bonds. The van der Waals surface area contributed by atoms with Crippen LogP contribution in [0.4, 0.5) is 0 Å². The van der Waals surface area contributed by atoms with E-state index in [0.29, 0.717) is 19.6 Å². The summed E-state index contributed by atoms with van der Waals surface area (Å²) in [5, 5.41) is 13.2. The van der Waals surface area contributed by atoms with Gasteiger partial charge in [-0.05, 0) is 33.9 Å². The Kier molecular flexibility index (Phi) is 6.75. The van der Waals surface area contributed by atoms with E-state index in [1.165, 1.54) is 12.8 Å². The highest BCUT2D eigenvalue weighted by Gasteiger charge is 2.22. The maximum atomic E-state index is 12.0. The van der Waals surface area contributed by atoms with E-state index >= 15 is 0 Å². The van der Waals surface area contributed by atoms with Gasteiger partial charge in [0.25, 0.3) is 0 Å². The van der Waals surface area contributed by atoms with Gasteiger partial charge in [-0.15, -0.1) is 0 Å². The third-order valence-corrected chi connectivity index (χ3v) is 3.40. The maximum Gasteiger partial charge on any atom is 0.236 e. The molecule has 0 radical (unpaired) electrons. The fourth-order valence-electron chi connectivity index (χ4n) is 2.61. The summed E-state index contributed by atoms with van der Waals surface area (Å²) in [4.78, 5) is 15.9. The Morgan fingerprint density at radius 3 is 2.37 bits per heavy atom. The normalized spacial score (nSPS) is 20.2. The van der Waals surface area contributed by atoms with E-state index in [0.717, 1.165) is 25.9 Å². The van der Waals surface area contributed by atoms with Crippen LogP contribution >= 0.6 is 0 Å². The molecular formula is C14H29N3O2. The molecular weight excluding hydrogens is 242 g/mol. The van der Waals surface area contributed by atoms with Crippen LogP contribution in [0.15, 0.2) is 0 Å². The molecule has 1 aliphatic heterocycles. The summed E-state index contributed by atoms with van der Waals surface area (Å²) in [6.45, 7) is 4.89. The minimum absolute atomic E-state index is 0.155. The minimum Gasteiger partial charge on any atom is -0.388 e. The molecule has 1 fully saturated rings. The first-order valence-electron chi connectivity index (χ1n) is 7.26. The number of amides is 1. The van der Waals surface area contributed by atoms with Gasteiger partial charge in [0.1, 0.15) is 0 Å². The van der Waals surface area contributed by atoms with E-state index in [2.05, 4.69) is 5.32 Å². The Balaban J connectivity index is 2.25. The molecule has 1 saturated heterocycles.